The lowest BCUT2D eigenvalue weighted by atomic mass is 9.80. The maximum Gasteiger partial charge on any atom is 0.512 e. The second kappa shape index (κ2) is 2.93. The summed E-state index contributed by atoms with van der Waals surface area (Å²) < 4.78 is 48.5. The van der Waals surface area contributed by atoms with Gasteiger partial charge in [-0.1, -0.05) is 23.1 Å². The second-order valence-corrected chi connectivity index (χ2v) is 2.44. The van der Waals surface area contributed by atoms with E-state index in [1.165, 1.54) is 0 Å². The zero-order valence-electron chi connectivity index (χ0n) is 5.57. The molecular weight excluding hydrogens is 196 g/mol. The first kappa shape index (κ1) is 9.31. The third-order valence-corrected chi connectivity index (χ3v) is 1.49. The predicted octanol–water partition coefficient (Wildman–Crippen LogP) is 1.93. The predicted molar refractivity (Wildman–Crippen MR) is 37.9 cm³/mol. The first-order valence-corrected chi connectivity index (χ1v) is 3.30. The van der Waals surface area contributed by atoms with Gasteiger partial charge >= 0.3 is 6.98 Å². The molecule has 0 atom stereocenters. The third kappa shape index (κ3) is 1.69. The average molecular weight is 198 g/mol. The van der Waals surface area contributed by atoms with Crippen molar-refractivity contribution in [1.82, 2.24) is 4.98 Å². The maximum absolute atomic E-state index is 12.6. The van der Waals surface area contributed by atoms with Crippen molar-refractivity contribution in [3.8, 4) is 0 Å². The number of aromatic nitrogens is 1. The summed E-state index contributed by atoms with van der Waals surface area (Å²) in [6.07, 6.45) is 0.815. The van der Waals surface area contributed by atoms with Crippen LogP contribution in [0.1, 0.15) is 0 Å². The molecule has 7 heteroatoms. The van der Waals surface area contributed by atoms with Crippen LogP contribution in [0.4, 0.5) is 17.3 Å². The van der Waals surface area contributed by atoms with Crippen molar-refractivity contribution < 1.29 is 17.3 Å². The molecule has 0 N–H and O–H groups in total. The molecule has 0 bridgehead atoms. The van der Waals surface area contributed by atoms with E-state index in [0.29, 0.717) is 6.07 Å². The molecule has 0 saturated heterocycles. The molecule has 0 fully saturated rings. The molecule has 1 rings (SSSR count). The van der Waals surface area contributed by atoms with Gasteiger partial charge in [0.05, 0.1) is 0 Å². The molecule has 0 amide bonds. The standard InChI is InChI=1S/C5H2BClF4N/c7-5-4(8)3(1-2-12-5)6(9,10)11/h1-2H/q-1. The van der Waals surface area contributed by atoms with Gasteiger partial charge in [0.2, 0.25) is 0 Å². The summed E-state index contributed by atoms with van der Waals surface area (Å²) in [5, 5.41) is -0.758. The van der Waals surface area contributed by atoms with Gasteiger partial charge in [-0.05, 0) is 0 Å². The van der Waals surface area contributed by atoms with Gasteiger partial charge < -0.3 is 12.9 Å². The quantitative estimate of drug-likeness (QED) is 0.382. The van der Waals surface area contributed by atoms with Crippen LogP contribution in [0.15, 0.2) is 12.3 Å². The lowest BCUT2D eigenvalue weighted by Crippen LogP contribution is -2.37. The van der Waals surface area contributed by atoms with Gasteiger partial charge in [0.15, 0.2) is 5.15 Å². The van der Waals surface area contributed by atoms with Crippen LogP contribution in [0.5, 0.6) is 0 Å². The highest BCUT2D eigenvalue weighted by molar-refractivity contribution is 6.73. The van der Waals surface area contributed by atoms with Gasteiger partial charge in [-0.15, -0.1) is 0 Å². The molecule has 0 spiro atoms. The second-order valence-electron chi connectivity index (χ2n) is 2.08. The molecule has 66 valence electrons. The molecular formula is C5H2BClF4N-. The van der Waals surface area contributed by atoms with Crippen LogP contribution < -0.4 is 5.46 Å². The number of halogens is 5. The Balaban J connectivity index is 3.26. The van der Waals surface area contributed by atoms with Gasteiger partial charge in [0.25, 0.3) is 0 Å². The van der Waals surface area contributed by atoms with Crippen molar-refractivity contribution in [1.29, 1.82) is 0 Å². The fraction of sp³-hybridized carbons (Fsp3) is 0. The molecule has 0 saturated carbocycles. The highest BCUT2D eigenvalue weighted by atomic mass is 35.5. The molecule has 1 aromatic rings. The Morgan fingerprint density at radius 2 is 1.92 bits per heavy atom. The Labute approximate surface area is 70.4 Å². The van der Waals surface area contributed by atoms with Crippen LogP contribution in [0, 0.1) is 5.82 Å². The van der Waals surface area contributed by atoms with Gasteiger partial charge in [0.1, 0.15) is 5.82 Å². The van der Waals surface area contributed by atoms with Gasteiger partial charge in [0, 0.05) is 6.20 Å². The van der Waals surface area contributed by atoms with Crippen molar-refractivity contribution in [3.63, 3.8) is 0 Å². The van der Waals surface area contributed by atoms with E-state index in [0.717, 1.165) is 6.20 Å². The monoisotopic (exact) mass is 198 g/mol. The summed E-state index contributed by atoms with van der Waals surface area (Å²) in [6.45, 7) is -5.35. The average Bonchev–Trinajstić information content (AvgIpc) is 1.92. The van der Waals surface area contributed by atoms with E-state index >= 15 is 0 Å². The van der Waals surface area contributed by atoms with E-state index < -0.39 is 23.4 Å². The molecule has 0 aliphatic rings. The van der Waals surface area contributed by atoms with Crippen LogP contribution in [-0.2, 0) is 0 Å². The van der Waals surface area contributed by atoms with E-state index in [1.807, 2.05) is 0 Å². The highest BCUT2D eigenvalue weighted by Gasteiger charge is 2.29. The minimum absolute atomic E-state index is 0.557. The third-order valence-electron chi connectivity index (χ3n) is 1.23. The zero-order chi connectivity index (χ0) is 9.35. The van der Waals surface area contributed by atoms with Crippen molar-refractivity contribution in [2.45, 2.75) is 0 Å². The van der Waals surface area contributed by atoms with E-state index in [2.05, 4.69) is 4.98 Å². The van der Waals surface area contributed by atoms with Crippen molar-refractivity contribution in [3.05, 3.63) is 23.2 Å². The number of pyridine rings is 1. The minimum atomic E-state index is -5.35. The smallest absolute Gasteiger partial charge is 0.445 e. The van der Waals surface area contributed by atoms with Crippen molar-refractivity contribution in [2.24, 2.45) is 0 Å². The van der Waals surface area contributed by atoms with Crippen molar-refractivity contribution in [2.75, 3.05) is 0 Å². The van der Waals surface area contributed by atoms with E-state index in [-0.39, 0.29) is 0 Å². The molecule has 1 aromatic heterocycles. The van der Waals surface area contributed by atoms with Gasteiger partial charge in [-0.2, -0.15) is 0 Å². The first-order valence-electron chi connectivity index (χ1n) is 2.93. The summed E-state index contributed by atoms with van der Waals surface area (Å²) in [4.78, 5) is 3.15. The van der Waals surface area contributed by atoms with Crippen LogP contribution in [0.3, 0.4) is 0 Å². The van der Waals surface area contributed by atoms with Crippen LogP contribution >= 0.6 is 11.6 Å². The Bertz CT molecular complexity index is 300. The lowest BCUT2D eigenvalue weighted by Gasteiger charge is -2.15. The number of hydrogen-bond acceptors (Lipinski definition) is 1. The normalized spacial score (nSPS) is 11.8. The first-order chi connectivity index (χ1) is 5.43. The Kier molecular flexibility index (Phi) is 2.28. The highest BCUT2D eigenvalue weighted by Crippen LogP contribution is 2.15. The number of nitrogens with zero attached hydrogens (tertiary/aromatic N) is 1. The SMILES string of the molecule is Fc1c([B-](F)(F)F)ccnc1Cl. The summed E-state index contributed by atoms with van der Waals surface area (Å²) in [5.74, 6) is -1.51. The summed E-state index contributed by atoms with van der Waals surface area (Å²) in [5.41, 5.74) is -1.34. The minimum Gasteiger partial charge on any atom is -0.445 e. The summed E-state index contributed by atoms with van der Waals surface area (Å²) in [7, 11) is 0. The van der Waals surface area contributed by atoms with Crippen LogP contribution in [-0.4, -0.2) is 12.0 Å². The number of rotatable bonds is 1. The fourth-order valence-corrected chi connectivity index (χ4v) is 0.850. The molecule has 0 radical (unpaired) electrons. The Morgan fingerprint density at radius 1 is 1.33 bits per heavy atom. The fourth-order valence-electron chi connectivity index (χ4n) is 0.685. The molecule has 0 aliphatic carbocycles. The molecule has 0 aliphatic heterocycles. The van der Waals surface area contributed by atoms with E-state index in [1.54, 1.807) is 0 Å². The summed E-state index contributed by atoms with van der Waals surface area (Å²) in [6, 6.07) is 0.557. The molecule has 12 heavy (non-hydrogen) atoms. The molecule has 1 heterocycles. The lowest BCUT2D eigenvalue weighted by molar-refractivity contribution is 0.493. The molecule has 1 nitrogen and oxygen atoms in total. The maximum atomic E-state index is 12.6. The molecule has 0 unspecified atom stereocenters. The van der Waals surface area contributed by atoms with Crippen LogP contribution in [0.25, 0.3) is 0 Å². The summed E-state index contributed by atoms with van der Waals surface area (Å²) >= 11 is 5.04. The van der Waals surface area contributed by atoms with Gasteiger partial charge in [-0.3, -0.25) is 0 Å². The zero-order valence-corrected chi connectivity index (χ0v) is 6.33. The Hall–Kier alpha value is -0.775. The number of hydrogen-bond donors (Lipinski definition) is 0. The topological polar surface area (TPSA) is 12.9 Å². The van der Waals surface area contributed by atoms with Crippen LogP contribution in [0.2, 0.25) is 5.15 Å². The molecule has 0 aromatic carbocycles. The van der Waals surface area contributed by atoms with E-state index in [9.17, 15) is 17.3 Å². The van der Waals surface area contributed by atoms with E-state index in [4.69, 9.17) is 11.6 Å². The van der Waals surface area contributed by atoms with Gasteiger partial charge in [-0.25, -0.2) is 9.37 Å². The Morgan fingerprint density at radius 3 is 2.33 bits per heavy atom. The largest absolute Gasteiger partial charge is 0.512 e. The van der Waals surface area contributed by atoms with Crippen molar-refractivity contribution >= 4 is 24.0 Å².